The second kappa shape index (κ2) is 3.21. The molecule has 0 amide bonds. The summed E-state index contributed by atoms with van der Waals surface area (Å²) in [5, 5.41) is 20.3. The van der Waals surface area contributed by atoms with Crippen LogP contribution in [0.4, 0.5) is 0 Å². The van der Waals surface area contributed by atoms with Gasteiger partial charge in [-0.1, -0.05) is 19.8 Å². The molecule has 0 aliphatic heterocycles. The smallest absolute Gasteiger partial charge is 0.0958 e. The van der Waals surface area contributed by atoms with E-state index in [4.69, 9.17) is 0 Å². The van der Waals surface area contributed by atoms with E-state index in [1.54, 1.807) is 6.92 Å². The highest BCUT2D eigenvalue weighted by Crippen LogP contribution is 2.58. The number of rotatable bonds is 1. The van der Waals surface area contributed by atoms with Crippen molar-refractivity contribution in [2.24, 2.45) is 11.3 Å². The number of aliphatic hydroxyl groups is 2. The summed E-state index contributed by atoms with van der Waals surface area (Å²) in [6.45, 7) is 3.92. The Balaban J connectivity index is 2.29. The van der Waals surface area contributed by atoms with Gasteiger partial charge in [0.25, 0.3) is 0 Å². The van der Waals surface area contributed by atoms with Crippen molar-refractivity contribution in [2.45, 2.75) is 64.1 Å². The van der Waals surface area contributed by atoms with E-state index >= 15 is 0 Å². The average molecular weight is 198 g/mol. The van der Waals surface area contributed by atoms with E-state index in [1.807, 2.05) is 0 Å². The molecule has 82 valence electrons. The molecular formula is C12H22O2. The van der Waals surface area contributed by atoms with E-state index in [0.29, 0.717) is 5.92 Å². The number of fused-ring (bicyclic) bond motifs is 1. The zero-order chi connectivity index (χ0) is 10.4. The maximum absolute atomic E-state index is 10.6. The summed E-state index contributed by atoms with van der Waals surface area (Å²) in [6.07, 6.45) is 6.13. The summed E-state index contributed by atoms with van der Waals surface area (Å²) in [6, 6.07) is 0. The van der Waals surface area contributed by atoms with Crippen molar-refractivity contribution in [3.8, 4) is 0 Å². The highest BCUT2D eigenvalue weighted by molar-refractivity contribution is 5.09. The Kier molecular flexibility index (Phi) is 2.39. The van der Waals surface area contributed by atoms with Crippen LogP contribution in [0.5, 0.6) is 0 Å². The predicted octanol–water partition coefficient (Wildman–Crippen LogP) is 2.09. The standard InChI is InChI=1S/C12H22O2/c1-9(13)12(14)8-6-10-5-3-4-7-11(10,12)2/h9-10,13-14H,3-8H2,1-2H3. The average Bonchev–Trinajstić information content (AvgIpc) is 2.41. The molecule has 14 heavy (non-hydrogen) atoms. The van der Waals surface area contributed by atoms with Crippen LogP contribution in [0, 0.1) is 11.3 Å². The monoisotopic (exact) mass is 198 g/mol. The summed E-state index contributed by atoms with van der Waals surface area (Å²) in [5.74, 6) is 0.635. The molecule has 4 unspecified atom stereocenters. The van der Waals surface area contributed by atoms with Gasteiger partial charge >= 0.3 is 0 Å². The van der Waals surface area contributed by atoms with Gasteiger partial charge in [0, 0.05) is 5.41 Å². The van der Waals surface area contributed by atoms with Gasteiger partial charge in [0.15, 0.2) is 0 Å². The molecule has 2 rings (SSSR count). The molecule has 0 aromatic heterocycles. The summed E-state index contributed by atoms with van der Waals surface area (Å²) in [5.41, 5.74) is -0.850. The molecule has 0 aromatic carbocycles. The number of hydrogen-bond donors (Lipinski definition) is 2. The van der Waals surface area contributed by atoms with E-state index in [2.05, 4.69) is 6.92 Å². The molecule has 4 atom stereocenters. The van der Waals surface area contributed by atoms with Crippen LogP contribution in [0.3, 0.4) is 0 Å². The Hall–Kier alpha value is -0.0800. The van der Waals surface area contributed by atoms with Crippen LogP contribution in [-0.4, -0.2) is 21.9 Å². The van der Waals surface area contributed by atoms with Crippen LogP contribution in [0.1, 0.15) is 52.4 Å². The van der Waals surface area contributed by atoms with Crippen molar-refractivity contribution in [3.05, 3.63) is 0 Å². The lowest BCUT2D eigenvalue weighted by atomic mass is 9.62. The summed E-state index contributed by atoms with van der Waals surface area (Å²) >= 11 is 0. The zero-order valence-corrected chi connectivity index (χ0v) is 9.29. The topological polar surface area (TPSA) is 40.5 Å². The van der Waals surface area contributed by atoms with E-state index in [-0.39, 0.29) is 5.41 Å². The molecular weight excluding hydrogens is 176 g/mol. The van der Waals surface area contributed by atoms with Crippen LogP contribution >= 0.6 is 0 Å². The summed E-state index contributed by atoms with van der Waals surface area (Å²) in [4.78, 5) is 0. The van der Waals surface area contributed by atoms with Crippen molar-refractivity contribution in [1.29, 1.82) is 0 Å². The third-order valence-corrected chi connectivity index (χ3v) is 4.95. The first-order valence-electron chi connectivity index (χ1n) is 5.91. The summed E-state index contributed by atoms with van der Waals surface area (Å²) < 4.78 is 0. The lowest BCUT2D eigenvalue weighted by Gasteiger charge is -2.47. The maximum Gasteiger partial charge on any atom is 0.0958 e. The zero-order valence-electron chi connectivity index (χ0n) is 9.29. The van der Waals surface area contributed by atoms with Crippen LogP contribution < -0.4 is 0 Å². The van der Waals surface area contributed by atoms with Gasteiger partial charge in [0.05, 0.1) is 11.7 Å². The molecule has 2 N–H and O–H groups in total. The Morgan fingerprint density at radius 1 is 1.21 bits per heavy atom. The fourth-order valence-corrected chi connectivity index (χ4v) is 3.80. The fourth-order valence-electron chi connectivity index (χ4n) is 3.80. The number of aliphatic hydroxyl groups excluding tert-OH is 1. The van der Waals surface area contributed by atoms with Crippen LogP contribution in [0.15, 0.2) is 0 Å². The Labute approximate surface area is 86.3 Å². The highest BCUT2D eigenvalue weighted by Gasteiger charge is 2.58. The van der Waals surface area contributed by atoms with E-state index < -0.39 is 11.7 Å². The van der Waals surface area contributed by atoms with Crippen LogP contribution in [-0.2, 0) is 0 Å². The van der Waals surface area contributed by atoms with Crippen LogP contribution in [0.2, 0.25) is 0 Å². The van der Waals surface area contributed by atoms with Crippen molar-refractivity contribution in [3.63, 3.8) is 0 Å². The molecule has 0 heterocycles. The summed E-state index contributed by atoms with van der Waals surface area (Å²) in [7, 11) is 0. The first-order valence-corrected chi connectivity index (χ1v) is 5.91. The van der Waals surface area contributed by atoms with Gasteiger partial charge in [0.1, 0.15) is 0 Å². The minimum absolute atomic E-state index is 0.0284. The predicted molar refractivity (Wildman–Crippen MR) is 55.9 cm³/mol. The lowest BCUT2D eigenvalue weighted by molar-refractivity contribution is -0.149. The molecule has 2 aliphatic carbocycles. The molecule has 2 fully saturated rings. The molecule has 0 aromatic rings. The largest absolute Gasteiger partial charge is 0.390 e. The first kappa shape index (κ1) is 10.4. The van der Waals surface area contributed by atoms with Crippen molar-refractivity contribution >= 4 is 0 Å². The third kappa shape index (κ3) is 1.17. The molecule has 2 aliphatic rings. The third-order valence-electron chi connectivity index (χ3n) is 4.95. The van der Waals surface area contributed by atoms with E-state index in [1.165, 1.54) is 19.3 Å². The fraction of sp³-hybridized carbons (Fsp3) is 1.00. The van der Waals surface area contributed by atoms with Crippen LogP contribution in [0.25, 0.3) is 0 Å². The minimum Gasteiger partial charge on any atom is -0.390 e. The van der Waals surface area contributed by atoms with E-state index in [9.17, 15) is 10.2 Å². The molecule has 0 radical (unpaired) electrons. The van der Waals surface area contributed by atoms with Gasteiger partial charge in [-0.15, -0.1) is 0 Å². The van der Waals surface area contributed by atoms with Crippen molar-refractivity contribution < 1.29 is 10.2 Å². The molecule has 2 nitrogen and oxygen atoms in total. The Morgan fingerprint density at radius 2 is 1.93 bits per heavy atom. The van der Waals surface area contributed by atoms with Crippen molar-refractivity contribution in [2.75, 3.05) is 0 Å². The normalized spacial score (nSPS) is 50.1. The Morgan fingerprint density at radius 3 is 2.57 bits per heavy atom. The van der Waals surface area contributed by atoms with Gasteiger partial charge in [-0.05, 0) is 38.5 Å². The Bertz CT molecular complexity index is 226. The van der Waals surface area contributed by atoms with Crippen molar-refractivity contribution in [1.82, 2.24) is 0 Å². The first-order chi connectivity index (χ1) is 6.51. The van der Waals surface area contributed by atoms with Gasteiger partial charge in [-0.25, -0.2) is 0 Å². The number of hydrogen-bond acceptors (Lipinski definition) is 2. The maximum atomic E-state index is 10.6. The quantitative estimate of drug-likeness (QED) is 0.677. The minimum atomic E-state index is -0.821. The highest BCUT2D eigenvalue weighted by atomic mass is 16.3. The van der Waals surface area contributed by atoms with Gasteiger partial charge in [0.2, 0.25) is 0 Å². The van der Waals surface area contributed by atoms with Gasteiger partial charge < -0.3 is 10.2 Å². The molecule has 0 spiro atoms. The molecule has 2 saturated carbocycles. The lowest BCUT2D eigenvalue weighted by Crippen LogP contribution is -2.53. The van der Waals surface area contributed by atoms with Gasteiger partial charge in [-0.2, -0.15) is 0 Å². The van der Waals surface area contributed by atoms with E-state index in [0.717, 1.165) is 19.3 Å². The molecule has 2 heteroatoms. The van der Waals surface area contributed by atoms with Gasteiger partial charge in [-0.3, -0.25) is 0 Å². The molecule has 0 saturated heterocycles. The SMILES string of the molecule is CC(O)C1(O)CCC2CCCCC21C. The second-order valence-electron chi connectivity index (χ2n) is 5.50. The second-order valence-corrected chi connectivity index (χ2v) is 5.50. The molecule has 0 bridgehead atoms.